The second kappa shape index (κ2) is 17.6. The van der Waals surface area contributed by atoms with Crippen molar-refractivity contribution in [2.75, 3.05) is 20.2 Å². The smallest absolute Gasteiger partial charge is 0.439 e. The molecule has 1 saturated heterocycles. The number of aromatic amines is 1. The minimum atomic E-state index is -3.99. The van der Waals surface area contributed by atoms with Gasteiger partial charge in [-0.15, -0.1) is 0 Å². The van der Waals surface area contributed by atoms with Crippen LogP contribution in [0.3, 0.4) is 0 Å². The SMILES string of the molecule is COc1ccc(S(=O)(=O)N(CC(C)C)C[C@H]2OC(C)(C)N(C(=O)OC(C)(C)C)[C@H]2Cc2ccc(OCc3ccc(-c4ccc(F)cc4F)cc3-c3noc(=O)[nH]3)cc2)cc1. The summed E-state index contributed by atoms with van der Waals surface area (Å²) in [5, 5.41) is 3.81. The normalized spacial score (nSPS) is 16.7. The van der Waals surface area contributed by atoms with Gasteiger partial charge >= 0.3 is 11.8 Å². The Morgan fingerprint density at radius 3 is 2.25 bits per heavy atom. The first-order valence-electron chi connectivity index (χ1n) is 19.4. The van der Waals surface area contributed by atoms with Gasteiger partial charge in [-0.1, -0.05) is 43.3 Å². The number of methoxy groups -OCH3 is 1. The van der Waals surface area contributed by atoms with Crippen molar-refractivity contribution < 1.29 is 45.5 Å². The van der Waals surface area contributed by atoms with Crippen LogP contribution in [-0.2, 0) is 32.5 Å². The van der Waals surface area contributed by atoms with Crippen LogP contribution in [0.15, 0.2) is 99.1 Å². The number of carbonyl (C=O) groups is 1. The van der Waals surface area contributed by atoms with Gasteiger partial charge < -0.3 is 18.9 Å². The second-order valence-electron chi connectivity index (χ2n) is 16.5. The number of sulfonamides is 1. The average Bonchev–Trinajstić information content (AvgIpc) is 3.72. The number of H-pyrrole nitrogens is 1. The van der Waals surface area contributed by atoms with E-state index in [4.69, 9.17) is 23.5 Å². The van der Waals surface area contributed by atoms with E-state index in [1.54, 1.807) is 82.0 Å². The zero-order valence-corrected chi connectivity index (χ0v) is 35.6. The molecule has 0 aliphatic carbocycles. The molecule has 0 unspecified atom stereocenters. The number of amides is 1. The van der Waals surface area contributed by atoms with Gasteiger partial charge in [-0.2, -0.15) is 4.31 Å². The fourth-order valence-electron chi connectivity index (χ4n) is 7.18. The summed E-state index contributed by atoms with van der Waals surface area (Å²) in [6.45, 7) is 12.9. The lowest BCUT2D eigenvalue weighted by atomic mass is 9.98. The quantitative estimate of drug-likeness (QED) is 0.116. The zero-order valence-electron chi connectivity index (χ0n) is 34.8. The molecule has 1 aromatic heterocycles. The molecule has 13 nitrogen and oxygen atoms in total. The molecule has 2 heterocycles. The van der Waals surface area contributed by atoms with E-state index >= 15 is 0 Å². The third kappa shape index (κ3) is 10.2. The molecule has 16 heteroatoms. The van der Waals surface area contributed by atoms with E-state index < -0.39 is 57.0 Å². The molecule has 6 rings (SSSR count). The molecular formula is C44H50F2N4O9S. The Morgan fingerprint density at radius 1 is 0.967 bits per heavy atom. The molecule has 0 bridgehead atoms. The standard InChI is InChI=1S/C44H50F2N4O9S/c1-27(2)24-49(60(53,54)34-18-16-32(55-8)17-19-34)25-39-38(50(44(6,7)57-39)42(52)58-43(3,4)5)21-28-9-14-33(15-10-28)56-26-30-12-11-29(35-20-13-31(45)23-37(35)46)22-36(30)40-47-41(51)59-48-40/h9-20,22-23,27,38-39H,21,24-26H2,1-8H3,(H,47,48,51)/t38-,39+/m0/s1. The van der Waals surface area contributed by atoms with Gasteiger partial charge in [0, 0.05) is 35.8 Å². The topological polar surface area (TPSA) is 154 Å². The van der Waals surface area contributed by atoms with Gasteiger partial charge in [0.05, 0.1) is 24.2 Å². The van der Waals surface area contributed by atoms with Crippen molar-refractivity contribution in [3.8, 4) is 34.0 Å². The predicted molar refractivity (Wildman–Crippen MR) is 220 cm³/mol. The molecular weight excluding hydrogens is 799 g/mol. The third-order valence-electron chi connectivity index (χ3n) is 9.83. The summed E-state index contributed by atoms with van der Waals surface area (Å²) in [6, 6.07) is 21.0. The monoisotopic (exact) mass is 848 g/mol. The Labute approximate surface area is 348 Å². The first kappa shape index (κ1) is 44.0. The lowest BCUT2D eigenvalue weighted by Gasteiger charge is -2.35. The van der Waals surface area contributed by atoms with Crippen molar-refractivity contribution in [3.63, 3.8) is 0 Å². The van der Waals surface area contributed by atoms with Gasteiger partial charge in [-0.3, -0.25) is 14.4 Å². The first-order valence-corrected chi connectivity index (χ1v) is 20.9. The lowest BCUT2D eigenvalue weighted by Crippen LogP contribution is -2.52. The van der Waals surface area contributed by atoms with E-state index in [2.05, 4.69) is 10.1 Å². The molecule has 5 aromatic rings. The molecule has 60 heavy (non-hydrogen) atoms. The highest BCUT2D eigenvalue weighted by Crippen LogP contribution is 2.37. The number of nitrogens with one attached hydrogen (secondary N) is 1. The summed E-state index contributed by atoms with van der Waals surface area (Å²) in [4.78, 5) is 29.9. The van der Waals surface area contributed by atoms with Crippen molar-refractivity contribution >= 4 is 16.1 Å². The van der Waals surface area contributed by atoms with Crippen LogP contribution >= 0.6 is 0 Å². The van der Waals surface area contributed by atoms with Crippen LogP contribution in [-0.4, -0.2) is 77.5 Å². The number of benzene rings is 4. The van der Waals surface area contributed by atoms with E-state index in [9.17, 15) is 26.8 Å². The van der Waals surface area contributed by atoms with E-state index in [1.165, 1.54) is 29.6 Å². The number of halogens is 2. The van der Waals surface area contributed by atoms with Crippen molar-refractivity contribution in [1.82, 2.24) is 19.3 Å². The molecule has 1 amide bonds. The fraction of sp³-hybridized carbons (Fsp3) is 0.386. The Bertz CT molecular complexity index is 2460. The van der Waals surface area contributed by atoms with Crippen LogP contribution in [0.1, 0.15) is 59.6 Å². The molecule has 1 aliphatic rings. The third-order valence-corrected chi connectivity index (χ3v) is 11.7. The van der Waals surface area contributed by atoms with E-state index in [0.717, 1.165) is 17.7 Å². The maximum atomic E-state index is 14.7. The van der Waals surface area contributed by atoms with Gasteiger partial charge in [-0.05, 0) is 113 Å². The maximum absolute atomic E-state index is 14.7. The Morgan fingerprint density at radius 2 is 1.65 bits per heavy atom. The molecule has 0 radical (unpaired) electrons. The minimum absolute atomic E-state index is 0.0171. The van der Waals surface area contributed by atoms with Crippen LogP contribution in [0.4, 0.5) is 13.6 Å². The van der Waals surface area contributed by atoms with Crippen LogP contribution in [0.2, 0.25) is 0 Å². The number of hydrogen-bond donors (Lipinski definition) is 1. The molecule has 320 valence electrons. The van der Waals surface area contributed by atoms with Crippen LogP contribution in [0.25, 0.3) is 22.5 Å². The van der Waals surface area contributed by atoms with Crippen molar-refractivity contribution in [1.29, 1.82) is 0 Å². The summed E-state index contributed by atoms with van der Waals surface area (Å²) in [6.07, 6.45) is -1.05. The van der Waals surface area contributed by atoms with E-state index in [-0.39, 0.29) is 48.3 Å². The molecule has 1 aliphatic heterocycles. The predicted octanol–water partition coefficient (Wildman–Crippen LogP) is 8.19. The molecule has 4 aromatic carbocycles. The van der Waals surface area contributed by atoms with Crippen molar-refractivity contribution in [3.05, 3.63) is 118 Å². The number of aromatic nitrogens is 2. The van der Waals surface area contributed by atoms with Gasteiger partial charge in [0.1, 0.15) is 41.1 Å². The number of rotatable bonds is 14. The average molecular weight is 849 g/mol. The van der Waals surface area contributed by atoms with Crippen LogP contribution in [0, 0.1) is 17.6 Å². The lowest BCUT2D eigenvalue weighted by molar-refractivity contribution is -0.0807. The first-order chi connectivity index (χ1) is 28.2. The fourth-order valence-corrected chi connectivity index (χ4v) is 8.79. The number of hydrogen-bond acceptors (Lipinski definition) is 10. The van der Waals surface area contributed by atoms with Crippen molar-refractivity contribution in [2.45, 2.75) is 89.9 Å². The second-order valence-corrected chi connectivity index (χ2v) is 18.4. The highest BCUT2D eigenvalue weighted by Gasteiger charge is 2.52. The number of carbonyl (C=O) groups excluding carboxylic acids is 1. The summed E-state index contributed by atoms with van der Waals surface area (Å²) in [7, 11) is -2.48. The Kier molecular flexibility index (Phi) is 12.9. The summed E-state index contributed by atoms with van der Waals surface area (Å²) in [5.41, 5.74) is 0.425. The van der Waals surface area contributed by atoms with Gasteiger partial charge in [0.15, 0.2) is 5.82 Å². The van der Waals surface area contributed by atoms with Crippen LogP contribution < -0.4 is 15.2 Å². The summed E-state index contributed by atoms with van der Waals surface area (Å²) >= 11 is 0. The summed E-state index contributed by atoms with van der Waals surface area (Å²) < 4.78 is 86.6. The largest absolute Gasteiger partial charge is 0.497 e. The minimum Gasteiger partial charge on any atom is -0.497 e. The Hall–Kier alpha value is -5.58. The molecule has 1 N–H and O–H groups in total. The van der Waals surface area contributed by atoms with E-state index in [1.807, 2.05) is 26.0 Å². The van der Waals surface area contributed by atoms with E-state index in [0.29, 0.717) is 28.2 Å². The van der Waals surface area contributed by atoms with Gasteiger partial charge in [0.2, 0.25) is 10.0 Å². The highest BCUT2D eigenvalue weighted by atomic mass is 32.2. The highest BCUT2D eigenvalue weighted by molar-refractivity contribution is 7.89. The molecule has 0 saturated carbocycles. The van der Waals surface area contributed by atoms with Crippen LogP contribution in [0.5, 0.6) is 11.5 Å². The molecule has 2 atom stereocenters. The van der Waals surface area contributed by atoms with Crippen molar-refractivity contribution in [2.24, 2.45) is 5.92 Å². The number of nitrogens with zero attached hydrogens (tertiary/aromatic N) is 3. The number of ether oxygens (including phenoxy) is 4. The van der Waals surface area contributed by atoms with Gasteiger partial charge in [-0.25, -0.2) is 26.8 Å². The molecule has 1 fully saturated rings. The Balaban J connectivity index is 1.26. The molecule has 0 spiro atoms. The summed E-state index contributed by atoms with van der Waals surface area (Å²) in [5.74, 6) is -1.14. The maximum Gasteiger partial charge on any atom is 0.439 e. The van der Waals surface area contributed by atoms with Gasteiger partial charge in [0.25, 0.3) is 0 Å². The zero-order chi connectivity index (χ0) is 43.6.